The second-order valence-electron chi connectivity index (χ2n) is 5.28. The minimum Gasteiger partial charge on any atom is -0.349 e. The van der Waals surface area contributed by atoms with E-state index in [1.165, 1.54) is 0 Å². The second-order valence-corrected chi connectivity index (χ2v) is 7.96. The standard InChI is InChI=1S/C15H18FN3O3S2/c1-4-9(2)17-14(20)13-10(3)18-15(23-13)19-24(21,22)12-7-5-11(16)6-8-12/h5-9H,4H2,1-3H3,(H,17,20)(H,18,19). The van der Waals surface area contributed by atoms with Crippen LogP contribution < -0.4 is 10.0 Å². The zero-order chi connectivity index (χ0) is 17.9. The summed E-state index contributed by atoms with van der Waals surface area (Å²) in [6.45, 7) is 5.47. The molecule has 2 aromatic rings. The molecule has 0 saturated heterocycles. The maximum Gasteiger partial charge on any atom is 0.263 e. The Bertz CT molecular complexity index is 832. The summed E-state index contributed by atoms with van der Waals surface area (Å²) >= 11 is 0.957. The van der Waals surface area contributed by atoms with Gasteiger partial charge in [0, 0.05) is 6.04 Å². The van der Waals surface area contributed by atoms with Crippen LogP contribution in [0.2, 0.25) is 0 Å². The highest BCUT2D eigenvalue weighted by molar-refractivity contribution is 7.93. The van der Waals surface area contributed by atoms with Crippen LogP contribution in [-0.2, 0) is 10.0 Å². The van der Waals surface area contributed by atoms with Gasteiger partial charge in [0.05, 0.1) is 10.6 Å². The van der Waals surface area contributed by atoms with Crippen LogP contribution in [0, 0.1) is 12.7 Å². The number of hydrogen-bond donors (Lipinski definition) is 2. The van der Waals surface area contributed by atoms with Crippen LogP contribution in [-0.4, -0.2) is 25.4 Å². The number of hydrogen-bond acceptors (Lipinski definition) is 5. The van der Waals surface area contributed by atoms with Crippen LogP contribution in [0.3, 0.4) is 0 Å². The minimum atomic E-state index is -3.89. The van der Waals surface area contributed by atoms with Gasteiger partial charge < -0.3 is 5.32 Å². The molecule has 0 aliphatic heterocycles. The quantitative estimate of drug-likeness (QED) is 0.817. The topological polar surface area (TPSA) is 88.2 Å². The van der Waals surface area contributed by atoms with E-state index in [1.807, 2.05) is 13.8 Å². The fraction of sp³-hybridized carbons (Fsp3) is 0.333. The van der Waals surface area contributed by atoms with Crippen LogP contribution in [0.5, 0.6) is 0 Å². The molecule has 1 heterocycles. The number of carbonyl (C=O) groups is 1. The molecule has 0 aliphatic carbocycles. The first-order valence-corrected chi connectivity index (χ1v) is 9.59. The van der Waals surface area contributed by atoms with Gasteiger partial charge in [-0.15, -0.1) is 0 Å². The SMILES string of the molecule is CCC(C)NC(=O)c1sc(NS(=O)(=O)c2ccc(F)cc2)nc1C. The Morgan fingerprint density at radius 2 is 1.96 bits per heavy atom. The first kappa shape index (κ1) is 18.3. The zero-order valence-electron chi connectivity index (χ0n) is 13.5. The summed E-state index contributed by atoms with van der Waals surface area (Å²) in [6.07, 6.45) is 0.785. The highest BCUT2D eigenvalue weighted by atomic mass is 32.2. The Balaban J connectivity index is 2.20. The van der Waals surface area contributed by atoms with Crippen LogP contribution in [0.1, 0.15) is 35.6 Å². The molecule has 0 radical (unpaired) electrons. The average Bonchev–Trinajstić information content (AvgIpc) is 2.87. The molecule has 0 aliphatic rings. The van der Waals surface area contributed by atoms with E-state index in [-0.39, 0.29) is 22.0 Å². The minimum absolute atomic E-state index is 0.0124. The van der Waals surface area contributed by atoms with E-state index >= 15 is 0 Å². The predicted octanol–water partition coefficient (Wildman–Crippen LogP) is 2.92. The van der Waals surface area contributed by atoms with E-state index < -0.39 is 15.8 Å². The predicted molar refractivity (Wildman–Crippen MR) is 91.3 cm³/mol. The molecular weight excluding hydrogens is 353 g/mol. The van der Waals surface area contributed by atoms with Gasteiger partial charge in [-0.2, -0.15) is 0 Å². The number of nitrogens with one attached hydrogen (secondary N) is 2. The molecule has 0 spiro atoms. The zero-order valence-corrected chi connectivity index (χ0v) is 15.1. The first-order chi connectivity index (χ1) is 11.2. The summed E-state index contributed by atoms with van der Waals surface area (Å²) < 4.78 is 39.7. The molecule has 1 atom stereocenters. The molecule has 0 bridgehead atoms. The molecule has 130 valence electrons. The Kier molecular flexibility index (Phi) is 5.55. The molecular formula is C15H18FN3O3S2. The average molecular weight is 371 g/mol. The number of benzene rings is 1. The van der Waals surface area contributed by atoms with Crippen molar-refractivity contribution in [1.29, 1.82) is 0 Å². The molecule has 1 unspecified atom stereocenters. The van der Waals surface area contributed by atoms with E-state index in [0.717, 1.165) is 42.0 Å². The largest absolute Gasteiger partial charge is 0.349 e. The Morgan fingerprint density at radius 3 is 2.54 bits per heavy atom. The van der Waals surface area contributed by atoms with Gasteiger partial charge in [0.25, 0.3) is 15.9 Å². The van der Waals surface area contributed by atoms with Crippen molar-refractivity contribution in [3.8, 4) is 0 Å². The van der Waals surface area contributed by atoms with Crippen molar-refractivity contribution in [2.45, 2.75) is 38.1 Å². The molecule has 6 nitrogen and oxygen atoms in total. The normalized spacial score (nSPS) is 12.7. The fourth-order valence-corrected chi connectivity index (χ4v) is 3.93. The van der Waals surface area contributed by atoms with Crippen LogP contribution in [0.15, 0.2) is 29.2 Å². The molecule has 24 heavy (non-hydrogen) atoms. The summed E-state index contributed by atoms with van der Waals surface area (Å²) in [5.74, 6) is -0.811. The van der Waals surface area contributed by atoms with E-state index in [9.17, 15) is 17.6 Å². The molecule has 1 amide bonds. The Hall–Kier alpha value is -2.00. The molecule has 2 N–H and O–H groups in total. The van der Waals surface area contributed by atoms with Crippen LogP contribution in [0.25, 0.3) is 0 Å². The van der Waals surface area contributed by atoms with Crippen molar-refractivity contribution >= 4 is 32.4 Å². The molecule has 2 rings (SSSR count). The van der Waals surface area contributed by atoms with Gasteiger partial charge in [-0.1, -0.05) is 18.3 Å². The molecule has 1 aromatic heterocycles. The molecule has 0 saturated carbocycles. The van der Waals surface area contributed by atoms with Gasteiger partial charge in [-0.3, -0.25) is 9.52 Å². The smallest absolute Gasteiger partial charge is 0.263 e. The Morgan fingerprint density at radius 1 is 1.33 bits per heavy atom. The first-order valence-electron chi connectivity index (χ1n) is 7.29. The van der Waals surface area contributed by atoms with Crippen molar-refractivity contribution in [3.05, 3.63) is 40.7 Å². The lowest BCUT2D eigenvalue weighted by Gasteiger charge is -2.10. The fourth-order valence-electron chi connectivity index (χ4n) is 1.83. The van der Waals surface area contributed by atoms with Crippen LogP contribution in [0.4, 0.5) is 9.52 Å². The summed E-state index contributed by atoms with van der Waals surface area (Å²) in [5, 5.41) is 2.90. The molecule has 1 aromatic carbocycles. The van der Waals surface area contributed by atoms with Gasteiger partial charge in [-0.25, -0.2) is 17.8 Å². The summed E-state index contributed by atoms with van der Waals surface area (Å²) in [7, 11) is -3.89. The van der Waals surface area contributed by atoms with Gasteiger partial charge in [0.1, 0.15) is 10.7 Å². The third-order valence-electron chi connectivity index (χ3n) is 3.34. The third kappa shape index (κ3) is 4.30. The van der Waals surface area contributed by atoms with Gasteiger partial charge in [-0.05, 0) is 44.5 Å². The monoisotopic (exact) mass is 371 g/mol. The van der Waals surface area contributed by atoms with E-state index in [4.69, 9.17) is 0 Å². The highest BCUT2D eigenvalue weighted by Gasteiger charge is 2.21. The number of sulfonamides is 1. The summed E-state index contributed by atoms with van der Waals surface area (Å²) in [4.78, 5) is 16.5. The summed E-state index contributed by atoms with van der Waals surface area (Å²) in [5.41, 5.74) is 0.442. The second kappa shape index (κ2) is 7.27. The number of amides is 1. The highest BCUT2D eigenvalue weighted by Crippen LogP contribution is 2.25. The summed E-state index contributed by atoms with van der Waals surface area (Å²) in [6, 6.07) is 4.46. The number of aryl methyl sites for hydroxylation is 1. The number of aromatic nitrogens is 1. The lowest BCUT2D eigenvalue weighted by atomic mass is 10.2. The van der Waals surface area contributed by atoms with Gasteiger partial charge in [0.15, 0.2) is 5.13 Å². The lowest BCUT2D eigenvalue weighted by molar-refractivity contribution is 0.0942. The number of halogens is 1. The number of anilines is 1. The van der Waals surface area contributed by atoms with Crippen molar-refractivity contribution in [2.24, 2.45) is 0 Å². The lowest BCUT2D eigenvalue weighted by Crippen LogP contribution is -2.31. The van der Waals surface area contributed by atoms with Gasteiger partial charge >= 0.3 is 0 Å². The number of carbonyl (C=O) groups excluding carboxylic acids is 1. The Labute approximate surface area is 144 Å². The van der Waals surface area contributed by atoms with Crippen molar-refractivity contribution in [1.82, 2.24) is 10.3 Å². The molecule has 0 fully saturated rings. The third-order valence-corrected chi connectivity index (χ3v) is 5.89. The van der Waals surface area contributed by atoms with E-state index in [2.05, 4.69) is 15.0 Å². The van der Waals surface area contributed by atoms with Crippen LogP contribution >= 0.6 is 11.3 Å². The number of nitrogens with zero attached hydrogens (tertiary/aromatic N) is 1. The van der Waals surface area contributed by atoms with Crippen molar-refractivity contribution < 1.29 is 17.6 Å². The number of thiazole rings is 1. The maximum absolute atomic E-state index is 12.9. The number of rotatable bonds is 6. The molecule has 9 heteroatoms. The van der Waals surface area contributed by atoms with Gasteiger partial charge in [0.2, 0.25) is 0 Å². The van der Waals surface area contributed by atoms with E-state index in [1.54, 1.807) is 6.92 Å². The van der Waals surface area contributed by atoms with Crippen molar-refractivity contribution in [3.63, 3.8) is 0 Å². The van der Waals surface area contributed by atoms with E-state index in [0.29, 0.717) is 10.6 Å². The maximum atomic E-state index is 12.9. The van der Waals surface area contributed by atoms with Crippen molar-refractivity contribution in [2.75, 3.05) is 4.72 Å².